The topological polar surface area (TPSA) is 19.4 Å². The molecule has 29 heavy (non-hydrogen) atoms. The third kappa shape index (κ3) is 4.27. The van der Waals surface area contributed by atoms with Crippen LogP contribution in [0.4, 0.5) is 19.0 Å². The predicted molar refractivity (Wildman–Crippen MR) is 108 cm³/mol. The Labute approximate surface area is 168 Å². The summed E-state index contributed by atoms with van der Waals surface area (Å²) in [6.45, 7) is 2.30. The fourth-order valence-electron chi connectivity index (χ4n) is 3.95. The standard InChI is InChI=1S/C23H22F3N3/c24-23(25,26)20-12-7-13-27-22(20)29-16-14-28(15-17-29)21(18-8-3-1-4-9-18)19-10-5-2-6-11-19/h1-13,21H,14-17H2. The van der Waals surface area contributed by atoms with E-state index in [4.69, 9.17) is 0 Å². The van der Waals surface area contributed by atoms with Gasteiger partial charge in [0.25, 0.3) is 0 Å². The van der Waals surface area contributed by atoms with E-state index in [0.29, 0.717) is 26.2 Å². The third-order valence-electron chi connectivity index (χ3n) is 5.30. The second-order valence-electron chi connectivity index (χ2n) is 7.12. The maximum Gasteiger partial charge on any atom is 0.419 e. The van der Waals surface area contributed by atoms with Gasteiger partial charge in [-0.2, -0.15) is 13.2 Å². The van der Waals surface area contributed by atoms with E-state index < -0.39 is 11.7 Å². The highest BCUT2D eigenvalue weighted by molar-refractivity contribution is 5.49. The normalized spacial score (nSPS) is 15.7. The van der Waals surface area contributed by atoms with Gasteiger partial charge >= 0.3 is 6.18 Å². The van der Waals surface area contributed by atoms with Gasteiger partial charge in [0.05, 0.1) is 11.6 Å². The summed E-state index contributed by atoms with van der Waals surface area (Å²) < 4.78 is 40.1. The van der Waals surface area contributed by atoms with Crippen molar-refractivity contribution < 1.29 is 13.2 Å². The average molecular weight is 397 g/mol. The molecule has 0 atom stereocenters. The molecule has 0 N–H and O–H groups in total. The van der Waals surface area contributed by atoms with E-state index in [-0.39, 0.29) is 11.9 Å². The molecule has 2 aromatic carbocycles. The van der Waals surface area contributed by atoms with Gasteiger partial charge in [0.15, 0.2) is 0 Å². The first-order valence-corrected chi connectivity index (χ1v) is 9.65. The Bertz CT molecular complexity index is 881. The summed E-state index contributed by atoms with van der Waals surface area (Å²) in [5.41, 5.74) is 1.69. The minimum atomic E-state index is -4.41. The molecule has 4 rings (SSSR count). The minimum Gasteiger partial charge on any atom is -0.354 e. The van der Waals surface area contributed by atoms with Gasteiger partial charge in [0.2, 0.25) is 0 Å². The number of benzene rings is 2. The van der Waals surface area contributed by atoms with Gasteiger partial charge in [0, 0.05) is 32.4 Å². The van der Waals surface area contributed by atoms with Crippen molar-refractivity contribution >= 4 is 5.82 Å². The molecule has 0 aliphatic carbocycles. The number of rotatable bonds is 4. The molecule has 6 heteroatoms. The molecule has 150 valence electrons. The molecule has 1 aliphatic heterocycles. The van der Waals surface area contributed by atoms with Gasteiger partial charge in [0.1, 0.15) is 5.82 Å². The van der Waals surface area contributed by atoms with Gasteiger partial charge in [-0.05, 0) is 23.3 Å². The van der Waals surface area contributed by atoms with Crippen LogP contribution in [-0.2, 0) is 6.18 Å². The quantitative estimate of drug-likeness (QED) is 0.617. The average Bonchev–Trinajstić information content (AvgIpc) is 2.75. The first-order chi connectivity index (χ1) is 14.0. The van der Waals surface area contributed by atoms with Gasteiger partial charge in [-0.25, -0.2) is 4.98 Å². The van der Waals surface area contributed by atoms with Crippen LogP contribution in [0.25, 0.3) is 0 Å². The Balaban J connectivity index is 1.57. The summed E-state index contributed by atoms with van der Waals surface area (Å²) in [7, 11) is 0. The van der Waals surface area contributed by atoms with Crippen LogP contribution in [0, 0.1) is 0 Å². The maximum absolute atomic E-state index is 13.4. The minimum absolute atomic E-state index is 0.0237. The van der Waals surface area contributed by atoms with Crippen molar-refractivity contribution in [3.8, 4) is 0 Å². The van der Waals surface area contributed by atoms with E-state index in [1.807, 2.05) is 36.4 Å². The highest BCUT2D eigenvalue weighted by atomic mass is 19.4. The molecular weight excluding hydrogens is 375 g/mol. The third-order valence-corrected chi connectivity index (χ3v) is 5.30. The zero-order valence-electron chi connectivity index (χ0n) is 15.9. The number of piperazine rings is 1. The Morgan fingerprint density at radius 3 is 1.79 bits per heavy atom. The predicted octanol–water partition coefficient (Wildman–Crippen LogP) is 5.01. The summed E-state index contributed by atoms with van der Waals surface area (Å²) in [4.78, 5) is 8.12. The molecule has 0 radical (unpaired) electrons. The molecule has 1 aliphatic rings. The highest BCUT2D eigenvalue weighted by Crippen LogP contribution is 2.36. The fraction of sp³-hybridized carbons (Fsp3) is 0.261. The Hall–Kier alpha value is -2.86. The van der Waals surface area contributed by atoms with E-state index in [0.717, 1.165) is 6.07 Å². The van der Waals surface area contributed by atoms with Crippen molar-refractivity contribution in [2.75, 3.05) is 31.1 Å². The van der Waals surface area contributed by atoms with Crippen LogP contribution >= 0.6 is 0 Å². The van der Waals surface area contributed by atoms with Gasteiger partial charge in [-0.1, -0.05) is 60.7 Å². The summed E-state index contributed by atoms with van der Waals surface area (Å²) in [5.74, 6) is 0.0237. The summed E-state index contributed by atoms with van der Waals surface area (Å²) >= 11 is 0. The molecule has 2 heterocycles. The highest BCUT2D eigenvalue weighted by Gasteiger charge is 2.36. The number of pyridine rings is 1. The molecule has 3 nitrogen and oxygen atoms in total. The number of halogens is 3. The Morgan fingerprint density at radius 1 is 0.724 bits per heavy atom. The van der Waals surface area contributed by atoms with Gasteiger partial charge in [-0.15, -0.1) is 0 Å². The molecule has 1 aromatic heterocycles. The van der Waals surface area contributed by atoms with Crippen LogP contribution in [0.3, 0.4) is 0 Å². The zero-order chi connectivity index (χ0) is 20.3. The number of anilines is 1. The van der Waals surface area contributed by atoms with E-state index in [9.17, 15) is 13.2 Å². The van der Waals surface area contributed by atoms with Crippen molar-refractivity contribution in [1.29, 1.82) is 0 Å². The molecule has 0 bridgehead atoms. The smallest absolute Gasteiger partial charge is 0.354 e. The van der Waals surface area contributed by atoms with Crippen molar-refractivity contribution in [2.45, 2.75) is 12.2 Å². The molecule has 0 unspecified atom stereocenters. The summed E-state index contributed by atoms with van der Waals surface area (Å²) in [6, 6.07) is 23.0. The number of aromatic nitrogens is 1. The lowest BCUT2D eigenvalue weighted by Gasteiger charge is -2.40. The van der Waals surface area contributed by atoms with Gasteiger partial charge < -0.3 is 4.90 Å². The SMILES string of the molecule is FC(F)(F)c1cccnc1N1CCN(C(c2ccccc2)c2ccccc2)CC1. The number of alkyl halides is 3. The largest absolute Gasteiger partial charge is 0.419 e. The van der Waals surface area contributed by atoms with E-state index in [2.05, 4.69) is 34.1 Å². The van der Waals surface area contributed by atoms with Crippen molar-refractivity contribution in [3.05, 3.63) is 95.7 Å². The second-order valence-corrected chi connectivity index (χ2v) is 7.12. The molecule has 3 aromatic rings. The molecule has 1 fully saturated rings. The molecule has 1 saturated heterocycles. The lowest BCUT2D eigenvalue weighted by atomic mass is 9.96. The van der Waals surface area contributed by atoms with Gasteiger partial charge in [-0.3, -0.25) is 4.90 Å². The van der Waals surface area contributed by atoms with Crippen molar-refractivity contribution in [2.24, 2.45) is 0 Å². The van der Waals surface area contributed by atoms with Crippen LogP contribution < -0.4 is 4.90 Å². The Morgan fingerprint density at radius 2 is 1.28 bits per heavy atom. The number of hydrogen-bond acceptors (Lipinski definition) is 3. The van der Waals surface area contributed by atoms with Crippen LogP contribution in [0.2, 0.25) is 0 Å². The van der Waals surface area contributed by atoms with Crippen LogP contribution in [0.5, 0.6) is 0 Å². The lowest BCUT2D eigenvalue weighted by molar-refractivity contribution is -0.137. The van der Waals surface area contributed by atoms with Crippen LogP contribution in [0.15, 0.2) is 79.0 Å². The first-order valence-electron chi connectivity index (χ1n) is 9.65. The first kappa shape index (κ1) is 19.5. The maximum atomic E-state index is 13.4. The molecular formula is C23H22F3N3. The molecule has 0 spiro atoms. The summed E-state index contributed by atoms with van der Waals surface area (Å²) in [6.07, 6.45) is -2.98. The van der Waals surface area contributed by atoms with Crippen molar-refractivity contribution in [1.82, 2.24) is 9.88 Å². The second kappa shape index (κ2) is 8.25. The van der Waals surface area contributed by atoms with E-state index >= 15 is 0 Å². The van der Waals surface area contributed by atoms with E-state index in [1.54, 1.807) is 4.90 Å². The van der Waals surface area contributed by atoms with Crippen LogP contribution in [0.1, 0.15) is 22.7 Å². The number of nitrogens with zero attached hydrogens (tertiary/aromatic N) is 3. The number of hydrogen-bond donors (Lipinski definition) is 0. The molecule has 0 amide bonds. The fourth-order valence-corrected chi connectivity index (χ4v) is 3.95. The summed E-state index contributed by atoms with van der Waals surface area (Å²) in [5, 5.41) is 0. The van der Waals surface area contributed by atoms with E-state index in [1.165, 1.54) is 23.4 Å². The Kier molecular flexibility index (Phi) is 5.53. The zero-order valence-corrected chi connectivity index (χ0v) is 15.9. The monoisotopic (exact) mass is 397 g/mol. The lowest BCUT2D eigenvalue weighted by Crippen LogP contribution is -2.48. The van der Waals surface area contributed by atoms with Crippen molar-refractivity contribution in [3.63, 3.8) is 0 Å². The van der Waals surface area contributed by atoms with Crippen LogP contribution in [-0.4, -0.2) is 36.1 Å². The molecule has 0 saturated carbocycles.